The van der Waals surface area contributed by atoms with Crippen molar-refractivity contribution in [2.24, 2.45) is 5.92 Å². The number of unbranched alkanes of at least 4 members (excludes halogenated alkanes) is 1. The van der Waals surface area contributed by atoms with Gasteiger partial charge in [-0.25, -0.2) is 0 Å². The van der Waals surface area contributed by atoms with Gasteiger partial charge >= 0.3 is 0 Å². The van der Waals surface area contributed by atoms with E-state index in [0.717, 1.165) is 38.5 Å². The molecule has 0 bridgehead atoms. The van der Waals surface area contributed by atoms with E-state index in [9.17, 15) is 4.79 Å². The number of nitrogens with one attached hydrogen (secondary N) is 1. The lowest BCUT2D eigenvalue weighted by atomic mass is 9.98. The zero-order valence-corrected chi connectivity index (χ0v) is 10.6. The van der Waals surface area contributed by atoms with Crippen molar-refractivity contribution >= 4 is 17.5 Å². The molecule has 0 spiro atoms. The second-order valence-electron chi connectivity index (χ2n) is 4.65. The van der Waals surface area contributed by atoms with Crippen LogP contribution in [0.25, 0.3) is 0 Å². The fourth-order valence-corrected chi connectivity index (χ4v) is 2.11. The van der Waals surface area contributed by atoms with Crippen LogP contribution in [0.4, 0.5) is 0 Å². The molecule has 1 unspecified atom stereocenters. The van der Waals surface area contributed by atoms with Crippen LogP contribution in [-0.4, -0.2) is 17.3 Å². The summed E-state index contributed by atoms with van der Waals surface area (Å²) in [6, 6.07) is 0. The van der Waals surface area contributed by atoms with Gasteiger partial charge in [0.25, 0.3) is 0 Å². The zero-order chi connectivity index (χ0) is 11.3. The van der Waals surface area contributed by atoms with Crippen molar-refractivity contribution in [2.75, 3.05) is 5.88 Å². The van der Waals surface area contributed by atoms with Crippen molar-refractivity contribution in [3.05, 3.63) is 0 Å². The second kappa shape index (κ2) is 5.74. The van der Waals surface area contributed by atoms with Crippen molar-refractivity contribution in [3.63, 3.8) is 0 Å². The number of alkyl halides is 1. The second-order valence-corrected chi connectivity index (χ2v) is 4.92. The molecular formula is C12H22ClNO. The highest BCUT2D eigenvalue weighted by Crippen LogP contribution is 2.36. The molecule has 0 saturated heterocycles. The fraction of sp³-hybridized carbons (Fsp3) is 0.917. The van der Waals surface area contributed by atoms with Crippen LogP contribution in [0.5, 0.6) is 0 Å². The summed E-state index contributed by atoms with van der Waals surface area (Å²) in [5.74, 6) is 0.956. The van der Waals surface area contributed by atoms with Crippen LogP contribution < -0.4 is 5.32 Å². The van der Waals surface area contributed by atoms with Gasteiger partial charge in [0.1, 0.15) is 0 Å². The lowest BCUT2D eigenvalue weighted by molar-refractivity contribution is -0.126. The van der Waals surface area contributed by atoms with Crippen LogP contribution in [0, 0.1) is 5.92 Å². The number of hydrogen-bond donors (Lipinski definition) is 1. The topological polar surface area (TPSA) is 29.1 Å². The monoisotopic (exact) mass is 231 g/mol. The van der Waals surface area contributed by atoms with Gasteiger partial charge in [-0.15, -0.1) is 11.6 Å². The van der Waals surface area contributed by atoms with E-state index in [0.29, 0.717) is 5.88 Å². The molecule has 1 atom stereocenters. The van der Waals surface area contributed by atoms with Crippen LogP contribution in [0.3, 0.4) is 0 Å². The van der Waals surface area contributed by atoms with Gasteiger partial charge in [0.2, 0.25) is 5.91 Å². The van der Waals surface area contributed by atoms with E-state index in [1.165, 1.54) is 0 Å². The lowest BCUT2D eigenvalue weighted by Gasteiger charge is -2.19. The zero-order valence-electron chi connectivity index (χ0n) is 9.81. The Labute approximate surface area is 97.8 Å². The van der Waals surface area contributed by atoms with Crippen molar-refractivity contribution in [1.29, 1.82) is 0 Å². The van der Waals surface area contributed by atoms with E-state index in [-0.39, 0.29) is 17.4 Å². The van der Waals surface area contributed by atoms with Gasteiger partial charge in [0, 0.05) is 11.8 Å². The first kappa shape index (κ1) is 12.8. The average molecular weight is 232 g/mol. The Balaban J connectivity index is 2.36. The normalized spacial score (nSPS) is 19.7. The minimum Gasteiger partial charge on any atom is -0.349 e. The minimum atomic E-state index is -0.0434. The largest absolute Gasteiger partial charge is 0.349 e. The summed E-state index contributed by atoms with van der Waals surface area (Å²) >= 11 is 5.84. The van der Waals surface area contributed by atoms with Gasteiger partial charge in [-0.3, -0.25) is 4.79 Å². The highest BCUT2D eigenvalue weighted by molar-refractivity contribution is 6.19. The summed E-state index contributed by atoms with van der Waals surface area (Å²) in [6.07, 6.45) is 6.34. The molecule has 1 N–H and O–H groups in total. The molecule has 2 nitrogen and oxygen atoms in total. The number of carbonyl (C=O) groups is 1. The van der Waals surface area contributed by atoms with Gasteiger partial charge in [-0.2, -0.15) is 0 Å². The van der Waals surface area contributed by atoms with E-state index in [4.69, 9.17) is 11.6 Å². The number of rotatable bonds is 7. The molecule has 0 aliphatic heterocycles. The molecular weight excluding hydrogens is 210 g/mol. The number of amides is 1. The molecule has 3 heteroatoms. The van der Waals surface area contributed by atoms with E-state index >= 15 is 0 Å². The lowest BCUT2D eigenvalue weighted by Crippen LogP contribution is -2.41. The van der Waals surface area contributed by atoms with E-state index in [2.05, 4.69) is 19.2 Å². The quantitative estimate of drug-likeness (QED) is 0.671. The van der Waals surface area contributed by atoms with E-state index < -0.39 is 0 Å². The highest BCUT2D eigenvalue weighted by atomic mass is 35.5. The Bertz CT molecular complexity index is 214. The third-order valence-corrected chi connectivity index (χ3v) is 3.78. The molecule has 88 valence electrons. The number of halogens is 1. The fourth-order valence-electron chi connectivity index (χ4n) is 1.78. The molecule has 1 fully saturated rings. The van der Waals surface area contributed by atoms with Crippen LogP contribution in [0.1, 0.15) is 52.4 Å². The molecule has 1 rings (SSSR count). The summed E-state index contributed by atoms with van der Waals surface area (Å²) in [7, 11) is 0. The predicted molar refractivity (Wildman–Crippen MR) is 64.1 cm³/mol. The van der Waals surface area contributed by atoms with Crippen LogP contribution in [-0.2, 0) is 4.79 Å². The van der Waals surface area contributed by atoms with E-state index in [1.54, 1.807) is 0 Å². The number of hydrogen-bond acceptors (Lipinski definition) is 1. The first-order chi connectivity index (χ1) is 7.17. The molecule has 1 amide bonds. The third kappa shape index (κ3) is 3.67. The summed E-state index contributed by atoms with van der Waals surface area (Å²) in [5, 5.41) is 3.11. The summed E-state index contributed by atoms with van der Waals surface area (Å²) in [6.45, 7) is 4.24. The maximum Gasteiger partial charge on any atom is 0.223 e. The minimum absolute atomic E-state index is 0.0434. The van der Waals surface area contributed by atoms with Crippen LogP contribution in [0.2, 0.25) is 0 Å². The third-order valence-electron chi connectivity index (χ3n) is 3.27. The molecule has 15 heavy (non-hydrogen) atoms. The van der Waals surface area contributed by atoms with E-state index in [1.807, 2.05) is 0 Å². The predicted octanol–water partition coefficient (Wildman–Crippen LogP) is 3.09. The van der Waals surface area contributed by atoms with Gasteiger partial charge in [-0.05, 0) is 25.7 Å². The van der Waals surface area contributed by atoms with Crippen molar-refractivity contribution in [2.45, 2.75) is 57.9 Å². The molecule has 0 radical (unpaired) electrons. The Kier molecular flexibility index (Phi) is 4.91. The van der Waals surface area contributed by atoms with Gasteiger partial charge in [0.05, 0.1) is 5.54 Å². The van der Waals surface area contributed by atoms with Crippen LogP contribution in [0.15, 0.2) is 0 Å². The molecule has 0 aromatic carbocycles. The SMILES string of the molecule is CCCCC(CC)C(=O)NC1(CCl)CC1. The molecule has 0 heterocycles. The Hall–Kier alpha value is -0.240. The maximum absolute atomic E-state index is 11.9. The Morgan fingerprint density at radius 3 is 2.53 bits per heavy atom. The number of carbonyl (C=O) groups excluding carboxylic acids is 1. The molecule has 0 aromatic rings. The van der Waals surface area contributed by atoms with Crippen molar-refractivity contribution in [3.8, 4) is 0 Å². The smallest absolute Gasteiger partial charge is 0.223 e. The van der Waals surface area contributed by atoms with Gasteiger partial charge < -0.3 is 5.32 Å². The maximum atomic E-state index is 11.9. The first-order valence-corrected chi connectivity index (χ1v) is 6.59. The summed E-state index contributed by atoms with van der Waals surface area (Å²) in [5.41, 5.74) is -0.0434. The van der Waals surface area contributed by atoms with Crippen molar-refractivity contribution in [1.82, 2.24) is 5.32 Å². The highest BCUT2D eigenvalue weighted by Gasteiger charge is 2.43. The standard InChI is InChI=1S/C12H22ClNO/c1-3-5-6-10(4-2)11(15)14-12(9-13)7-8-12/h10H,3-9H2,1-2H3,(H,14,15). The molecule has 1 aliphatic carbocycles. The average Bonchev–Trinajstić information content (AvgIpc) is 3.00. The Morgan fingerprint density at radius 2 is 2.13 bits per heavy atom. The van der Waals surface area contributed by atoms with Crippen molar-refractivity contribution < 1.29 is 4.79 Å². The van der Waals surface area contributed by atoms with Gasteiger partial charge in [0.15, 0.2) is 0 Å². The Morgan fingerprint density at radius 1 is 1.47 bits per heavy atom. The van der Waals surface area contributed by atoms with Gasteiger partial charge in [-0.1, -0.05) is 26.7 Å². The summed E-state index contributed by atoms with van der Waals surface area (Å²) < 4.78 is 0. The summed E-state index contributed by atoms with van der Waals surface area (Å²) in [4.78, 5) is 11.9. The first-order valence-electron chi connectivity index (χ1n) is 6.05. The van der Waals surface area contributed by atoms with Crippen LogP contribution >= 0.6 is 11.6 Å². The molecule has 1 saturated carbocycles. The molecule has 0 aromatic heterocycles. The molecule has 1 aliphatic rings.